The standard InChI is InChI=1S/C62H46N4/c1-2-3-22-49-48(26-16-31-59(49)65-56-28-13-10-23-50(56)51-24-11-14-29-57(51)65)47-37-46(40-63-41-47)45-35-36-64-55(39-45)53-27-17-32-61(62(53)43-20-8-5-9-21-43)66-58-30-15-12-25-52(58)54-38-44(33-34-60(54)66)42-18-6-4-7-19-42/h4-21,23-41H,2-3,22H2,1H3. The van der Waals surface area contributed by atoms with Gasteiger partial charge in [-0.25, -0.2) is 0 Å². The highest BCUT2D eigenvalue weighted by molar-refractivity contribution is 6.12. The fraction of sp³-hybridized carbons (Fsp3) is 0.0645. The van der Waals surface area contributed by atoms with Crippen molar-refractivity contribution in [3.05, 3.63) is 230 Å². The summed E-state index contributed by atoms with van der Waals surface area (Å²) in [5.41, 5.74) is 19.5. The Labute approximate surface area is 384 Å². The number of nitrogens with zero attached hydrogens (tertiary/aromatic N) is 4. The van der Waals surface area contributed by atoms with Gasteiger partial charge in [-0.05, 0) is 107 Å². The van der Waals surface area contributed by atoms with Crippen molar-refractivity contribution in [1.82, 2.24) is 19.1 Å². The SMILES string of the molecule is CCCCc1c(-c2cncc(-c3ccnc(-c4cccc(-n5c6ccccc6c6cc(-c7ccccc7)ccc65)c4-c4ccccc4)c3)c2)cccc1-n1c2ccccc2c2ccccc21. The highest BCUT2D eigenvalue weighted by atomic mass is 15.0. The number of aromatic nitrogens is 4. The molecule has 0 saturated heterocycles. The molecular weight excluding hydrogens is 801 g/mol. The first-order valence-corrected chi connectivity index (χ1v) is 23.0. The lowest BCUT2D eigenvalue weighted by molar-refractivity contribution is 0.792. The third-order valence-corrected chi connectivity index (χ3v) is 13.3. The Morgan fingerprint density at radius 1 is 0.394 bits per heavy atom. The lowest BCUT2D eigenvalue weighted by Crippen LogP contribution is -2.02. The molecule has 0 amide bonds. The monoisotopic (exact) mass is 846 g/mol. The Hall–Kier alpha value is -8.34. The summed E-state index contributed by atoms with van der Waals surface area (Å²) in [6.45, 7) is 2.27. The molecule has 0 bridgehead atoms. The molecule has 0 atom stereocenters. The van der Waals surface area contributed by atoms with Gasteiger partial charge in [0.1, 0.15) is 0 Å². The van der Waals surface area contributed by atoms with E-state index in [1.54, 1.807) is 0 Å². The van der Waals surface area contributed by atoms with Crippen molar-refractivity contribution in [1.29, 1.82) is 0 Å². The lowest BCUT2D eigenvalue weighted by atomic mass is 9.92. The molecule has 4 nitrogen and oxygen atoms in total. The maximum Gasteiger partial charge on any atom is 0.0715 e. The second kappa shape index (κ2) is 16.7. The molecule has 314 valence electrons. The van der Waals surface area contributed by atoms with E-state index in [4.69, 9.17) is 9.97 Å². The minimum Gasteiger partial charge on any atom is -0.309 e. The van der Waals surface area contributed by atoms with E-state index < -0.39 is 0 Å². The van der Waals surface area contributed by atoms with E-state index in [1.165, 1.54) is 60.5 Å². The Bertz CT molecular complexity index is 3690. The van der Waals surface area contributed by atoms with E-state index in [1.807, 2.05) is 18.6 Å². The summed E-state index contributed by atoms with van der Waals surface area (Å²) in [6, 6.07) is 74.7. The van der Waals surface area contributed by atoms with Crippen LogP contribution in [0.1, 0.15) is 25.3 Å². The molecule has 0 aliphatic heterocycles. The molecule has 4 heterocycles. The minimum atomic E-state index is 0.905. The van der Waals surface area contributed by atoms with Gasteiger partial charge in [0.25, 0.3) is 0 Å². The van der Waals surface area contributed by atoms with Gasteiger partial charge in [-0.3, -0.25) is 9.97 Å². The van der Waals surface area contributed by atoms with Crippen molar-refractivity contribution in [2.45, 2.75) is 26.2 Å². The number of hydrogen-bond donors (Lipinski definition) is 0. The average Bonchev–Trinajstić information content (AvgIpc) is 3.91. The predicted molar refractivity (Wildman–Crippen MR) is 277 cm³/mol. The zero-order chi connectivity index (χ0) is 44.0. The Kier molecular flexibility index (Phi) is 9.91. The van der Waals surface area contributed by atoms with Crippen molar-refractivity contribution in [2.75, 3.05) is 0 Å². The van der Waals surface area contributed by atoms with Gasteiger partial charge in [-0.15, -0.1) is 0 Å². The summed E-state index contributed by atoms with van der Waals surface area (Å²) in [5.74, 6) is 0. The molecule has 12 aromatic rings. The molecule has 0 saturated carbocycles. The number of benzene rings is 8. The van der Waals surface area contributed by atoms with Crippen LogP contribution in [0.25, 0.3) is 111 Å². The average molecular weight is 847 g/mol. The summed E-state index contributed by atoms with van der Waals surface area (Å²) in [5, 5.41) is 4.99. The van der Waals surface area contributed by atoms with Crippen LogP contribution in [0.2, 0.25) is 0 Å². The van der Waals surface area contributed by atoms with Crippen LogP contribution in [0.3, 0.4) is 0 Å². The molecule has 4 heteroatoms. The van der Waals surface area contributed by atoms with Crippen molar-refractivity contribution >= 4 is 43.6 Å². The van der Waals surface area contributed by atoms with Crippen LogP contribution in [-0.2, 0) is 6.42 Å². The molecule has 0 fully saturated rings. The van der Waals surface area contributed by atoms with Gasteiger partial charge in [0.2, 0.25) is 0 Å². The fourth-order valence-electron chi connectivity index (χ4n) is 10.2. The van der Waals surface area contributed by atoms with E-state index in [9.17, 15) is 0 Å². The summed E-state index contributed by atoms with van der Waals surface area (Å²) >= 11 is 0. The normalized spacial score (nSPS) is 11.6. The van der Waals surface area contributed by atoms with Crippen molar-refractivity contribution in [3.8, 4) is 67.1 Å². The number of rotatable bonds is 10. The van der Waals surface area contributed by atoms with Crippen LogP contribution in [0, 0.1) is 0 Å². The first kappa shape index (κ1) is 39.3. The summed E-state index contributed by atoms with van der Waals surface area (Å²) < 4.78 is 4.90. The highest BCUT2D eigenvalue weighted by Gasteiger charge is 2.21. The highest BCUT2D eigenvalue weighted by Crippen LogP contribution is 2.43. The van der Waals surface area contributed by atoms with Crippen molar-refractivity contribution in [3.63, 3.8) is 0 Å². The minimum absolute atomic E-state index is 0.905. The number of unbranched alkanes of at least 4 members (excludes halogenated alkanes) is 1. The van der Waals surface area contributed by atoms with E-state index >= 15 is 0 Å². The van der Waals surface area contributed by atoms with E-state index in [2.05, 4.69) is 222 Å². The summed E-state index contributed by atoms with van der Waals surface area (Å²) in [7, 11) is 0. The second-order valence-electron chi connectivity index (χ2n) is 17.2. The number of fused-ring (bicyclic) bond motifs is 6. The van der Waals surface area contributed by atoms with Gasteiger partial charge in [-0.2, -0.15) is 0 Å². The van der Waals surface area contributed by atoms with E-state index in [0.717, 1.165) is 75.1 Å². The van der Waals surface area contributed by atoms with Crippen LogP contribution < -0.4 is 0 Å². The molecular formula is C62H46N4. The van der Waals surface area contributed by atoms with Gasteiger partial charge in [0, 0.05) is 68.1 Å². The van der Waals surface area contributed by atoms with Crippen LogP contribution >= 0.6 is 0 Å². The Balaban J connectivity index is 0.996. The first-order valence-electron chi connectivity index (χ1n) is 23.0. The molecule has 66 heavy (non-hydrogen) atoms. The van der Waals surface area contributed by atoms with Crippen LogP contribution in [0.4, 0.5) is 0 Å². The molecule has 0 aliphatic rings. The van der Waals surface area contributed by atoms with E-state index in [-0.39, 0.29) is 0 Å². The Morgan fingerprint density at radius 2 is 0.955 bits per heavy atom. The molecule has 0 unspecified atom stereocenters. The number of hydrogen-bond acceptors (Lipinski definition) is 2. The molecule has 8 aromatic carbocycles. The fourth-order valence-corrected chi connectivity index (χ4v) is 10.2. The quantitative estimate of drug-likeness (QED) is 0.137. The van der Waals surface area contributed by atoms with Gasteiger partial charge >= 0.3 is 0 Å². The first-order chi connectivity index (χ1) is 32.7. The maximum atomic E-state index is 5.10. The molecule has 12 rings (SSSR count). The van der Waals surface area contributed by atoms with E-state index in [0.29, 0.717) is 0 Å². The molecule has 4 aromatic heterocycles. The van der Waals surface area contributed by atoms with Crippen LogP contribution in [-0.4, -0.2) is 19.1 Å². The third-order valence-electron chi connectivity index (χ3n) is 13.3. The molecule has 0 radical (unpaired) electrons. The largest absolute Gasteiger partial charge is 0.309 e. The van der Waals surface area contributed by atoms with Crippen molar-refractivity contribution in [2.24, 2.45) is 0 Å². The predicted octanol–water partition coefficient (Wildman–Crippen LogP) is 16.3. The third kappa shape index (κ3) is 6.69. The zero-order valence-corrected chi connectivity index (χ0v) is 36.8. The molecule has 0 N–H and O–H groups in total. The molecule has 0 spiro atoms. The molecule has 0 aliphatic carbocycles. The van der Waals surface area contributed by atoms with Gasteiger partial charge in [-0.1, -0.05) is 159 Å². The van der Waals surface area contributed by atoms with Crippen LogP contribution in [0.15, 0.2) is 225 Å². The van der Waals surface area contributed by atoms with Crippen LogP contribution in [0.5, 0.6) is 0 Å². The smallest absolute Gasteiger partial charge is 0.0715 e. The van der Waals surface area contributed by atoms with Crippen molar-refractivity contribution < 1.29 is 0 Å². The second-order valence-corrected chi connectivity index (χ2v) is 17.2. The summed E-state index contributed by atoms with van der Waals surface area (Å²) in [6.07, 6.45) is 9.12. The van der Waals surface area contributed by atoms with Gasteiger partial charge in [0.15, 0.2) is 0 Å². The zero-order valence-electron chi connectivity index (χ0n) is 36.8. The van der Waals surface area contributed by atoms with Gasteiger partial charge < -0.3 is 9.13 Å². The maximum absolute atomic E-state index is 5.10. The topological polar surface area (TPSA) is 35.6 Å². The number of pyridine rings is 2. The number of para-hydroxylation sites is 3. The lowest BCUT2D eigenvalue weighted by Gasteiger charge is -2.19. The summed E-state index contributed by atoms with van der Waals surface area (Å²) in [4.78, 5) is 10.0. The Morgan fingerprint density at radius 3 is 1.65 bits per heavy atom. The van der Waals surface area contributed by atoms with Gasteiger partial charge in [0.05, 0.1) is 33.4 Å².